The Morgan fingerprint density at radius 1 is 1.03 bits per heavy atom. The molecule has 2 aliphatic heterocycles. The van der Waals surface area contributed by atoms with Crippen LogP contribution < -0.4 is 10.1 Å². The Hall–Kier alpha value is -3.78. The number of aryl methyl sites for hydroxylation is 2. The van der Waals surface area contributed by atoms with Crippen molar-refractivity contribution in [2.45, 2.75) is 57.5 Å². The number of hydrogen-bond acceptors (Lipinski definition) is 5. The van der Waals surface area contributed by atoms with Crippen LogP contribution in [0.15, 0.2) is 42.6 Å². The Labute approximate surface area is 226 Å². The Kier molecular flexibility index (Phi) is 6.07. The van der Waals surface area contributed by atoms with Crippen LogP contribution in [0.3, 0.4) is 0 Å². The highest BCUT2D eigenvalue weighted by molar-refractivity contribution is 5.99. The van der Waals surface area contributed by atoms with Crippen LogP contribution in [0, 0.1) is 5.82 Å². The molecular weight excluding hydrogens is 493 g/mol. The molecule has 8 heteroatoms. The van der Waals surface area contributed by atoms with Crippen LogP contribution in [0.2, 0.25) is 0 Å². The Morgan fingerprint density at radius 3 is 2.74 bits per heavy atom. The van der Waals surface area contributed by atoms with Crippen molar-refractivity contribution in [3.8, 4) is 28.1 Å². The molecule has 1 saturated heterocycles. The number of halogens is 1. The summed E-state index contributed by atoms with van der Waals surface area (Å²) in [7, 11) is 0. The molecule has 1 fully saturated rings. The molecule has 0 bridgehead atoms. The van der Waals surface area contributed by atoms with E-state index in [1.165, 1.54) is 49.4 Å². The smallest absolute Gasteiger partial charge is 0.255 e. The SMILES string of the molecule is C[C@@H]1CCCN1C1CCc2ccc(-c3cnc4n[nH]c(-c5cc6c(cc5F)C(=O)NCCO6)c4c3)cc2CC1. The summed E-state index contributed by atoms with van der Waals surface area (Å²) in [5, 5.41) is 10.7. The van der Waals surface area contributed by atoms with Crippen molar-refractivity contribution in [2.24, 2.45) is 0 Å². The van der Waals surface area contributed by atoms with Gasteiger partial charge in [0, 0.05) is 34.8 Å². The van der Waals surface area contributed by atoms with Gasteiger partial charge in [-0.15, -0.1) is 0 Å². The lowest BCUT2D eigenvalue weighted by molar-refractivity contribution is 0.0956. The number of carbonyl (C=O) groups excluding carboxylic acids is 1. The molecule has 3 aliphatic rings. The molecule has 2 aromatic carbocycles. The lowest BCUT2D eigenvalue weighted by atomic mass is 9.96. The molecule has 0 radical (unpaired) electrons. The summed E-state index contributed by atoms with van der Waals surface area (Å²) in [5.41, 5.74) is 6.46. The van der Waals surface area contributed by atoms with E-state index < -0.39 is 5.82 Å². The number of carbonyl (C=O) groups is 1. The second kappa shape index (κ2) is 9.75. The second-order valence-electron chi connectivity index (χ2n) is 11.1. The first kappa shape index (κ1) is 24.3. The number of H-pyrrole nitrogens is 1. The fourth-order valence-electron chi connectivity index (χ4n) is 6.63. The van der Waals surface area contributed by atoms with Gasteiger partial charge in [0.2, 0.25) is 0 Å². The molecule has 2 atom stereocenters. The monoisotopic (exact) mass is 525 g/mol. The first-order valence-corrected chi connectivity index (χ1v) is 14.0. The van der Waals surface area contributed by atoms with Crippen LogP contribution in [0.1, 0.15) is 54.1 Å². The lowest BCUT2D eigenvalue weighted by Crippen LogP contribution is -2.37. The Bertz CT molecular complexity index is 1580. The number of benzene rings is 2. The molecule has 4 heterocycles. The van der Waals surface area contributed by atoms with E-state index in [1.54, 1.807) is 6.07 Å². The minimum atomic E-state index is -0.516. The number of ether oxygens (including phenoxy) is 1. The zero-order valence-corrected chi connectivity index (χ0v) is 22.1. The van der Waals surface area contributed by atoms with Gasteiger partial charge in [-0.05, 0) is 86.9 Å². The van der Waals surface area contributed by atoms with Gasteiger partial charge in [-0.1, -0.05) is 18.2 Å². The van der Waals surface area contributed by atoms with E-state index in [0.29, 0.717) is 47.9 Å². The van der Waals surface area contributed by atoms with E-state index >= 15 is 4.39 Å². The van der Waals surface area contributed by atoms with Crippen molar-refractivity contribution in [1.82, 2.24) is 25.4 Å². The van der Waals surface area contributed by atoms with Gasteiger partial charge in [0.1, 0.15) is 18.2 Å². The third-order valence-corrected chi connectivity index (χ3v) is 8.74. The summed E-state index contributed by atoms with van der Waals surface area (Å²) >= 11 is 0. The van der Waals surface area contributed by atoms with E-state index in [1.807, 2.05) is 12.3 Å². The standard InChI is InChI=1S/C31H32FN5O2/c1-18-3-2-11-37(18)23-8-6-19-4-5-21(13-20(19)7-9-23)22-14-26-29(35-36-30(26)34-17-22)24-16-28-25(15-27(24)32)31(38)33-10-12-39-28/h4-5,13-18,23H,2-3,6-12H2,1H3,(H,33,38)(H,34,35,36)/t18-,23?/m1/s1. The predicted octanol–water partition coefficient (Wildman–Crippen LogP) is 5.28. The van der Waals surface area contributed by atoms with Crippen molar-refractivity contribution < 1.29 is 13.9 Å². The van der Waals surface area contributed by atoms with Gasteiger partial charge in [-0.25, -0.2) is 9.37 Å². The van der Waals surface area contributed by atoms with E-state index in [-0.39, 0.29) is 11.5 Å². The molecule has 39 heavy (non-hydrogen) atoms. The third kappa shape index (κ3) is 4.36. The summed E-state index contributed by atoms with van der Waals surface area (Å²) in [6.45, 7) is 4.31. The summed E-state index contributed by atoms with van der Waals surface area (Å²) in [5.74, 6) is -0.492. The normalized spacial score (nSPS) is 21.5. The van der Waals surface area contributed by atoms with Gasteiger partial charge >= 0.3 is 0 Å². The molecule has 1 unspecified atom stereocenters. The maximum Gasteiger partial charge on any atom is 0.255 e. The van der Waals surface area contributed by atoms with Gasteiger partial charge in [-0.3, -0.25) is 14.8 Å². The zero-order chi connectivity index (χ0) is 26.5. The first-order chi connectivity index (χ1) is 19.0. The number of pyridine rings is 1. The maximum atomic E-state index is 15.3. The molecule has 7 rings (SSSR count). The summed E-state index contributed by atoms with van der Waals surface area (Å²) < 4.78 is 21.0. The minimum Gasteiger partial charge on any atom is -0.491 e. The number of fused-ring (bicyclic) bond motifs is 3. The molecule has 2 aromatic heterocycles. The zero-order valence-electron chi connectivity index (χ0n) is 22.1. The van der Waals surface area contributed by atoms with Crippen molar-refractivity contribution >= 4 is 16.9 Å². The maximum absolute atomic E-state index is 15.3. The molecule has 2 N–H and O–H groups in total. The van der Waals surface area contributed by atoms with Crippen molar-refractivity contribution in [2.75, 3.05) is 19.7 Å². The van der Waals surface area contributed by atoms with Crippen molar-refractivity contribution in [1.29, 1.82) is 0 Å². The molecular formula is C31H32FN5O2. The molecule has 1 amide bonds. The molecule has 4 aromatic rings. The highest BCUT2D eigenvalue weighted by atomic mass is 19.1. The third-order valence-electron chi connectivity index (χ3n) is 8.74. The summed E-state index contributed by atoms with van der Waals surface area (Å²) in [4.78, 5) is 19.6. The van der Waals surface area contributed by atoms with Gasteiger partial charge in [0.15, 0.2) is 5.65 Å². The molecule has 0 saturated carbocycles. The van der Waals surface area contributed by atoms with Gasteiger partial charge in [0.05, 0.1) is 17.8 Å². The fraction of sp³-hybridized carbons (Fsp3) is 0.387. The quantitative estimate of drug-likeness (QED) is 0.356. The Morgan fingerprint density at radius 2 is 1.90 bits per heavy atom. The van der Waals surface area contributed by atoms with Gasteiger partial charge < -0.3 is 10.1 Å². The van der Waals surface area contributed by atoms with E-state index in [9.17, 15) is 4.79 Å². The van der Waals surface area contributed by atoms with Crippen LogP contribution in [-0.4, -0.2) is 57.8 Å². The van der Waals surface area contributed by atoms with Crippen LogP contribution in [0.5, 0.6) is 5.75 Å². The molecule has 200 valence electrons. The van der Waals surface area contributed by atoms with Crippen molar-refractivity contribution in [3.05, 3.63) is 65.1 Å². The molecule has 1 aliphatic carbocycles. The van der Waals surface area contributed by atoms with Crippen molar-refractivity contribution in [3.63, 3.8) is 0 Å². The number of nitrogens with zero attached hydrogens (tertiary/aromatic N) is 3. The minimum absolute atomic E-state index is 0.197. The fourth-order valence-corrected chi connectivity index (χ4v) is 6.63. The average Bonchev–Trinajstić information content (AvgIpc) is 3.45. The van der Waals surface area contributed by atoms with E-state index in [4.69, 9.17) is 4.74 Å². The summed E-state index contributed by atoms with van der Waals surface area (Å²) in [6.07, 6.45) is 9.08. The topological polar surface area (TPSA) is 83.1 Å². The number of hydrogen-bond donors (Lipinski definition) is 2. The number of nitrogens with one attached hydrogen (secondary N) is 2. The molecule has 0 spiro atoms. The van der Waals surface area contributed by atoms with Crippen LogP contribution >= 0.6 is 0 Å². The summed E-state index contributed by atoms with van der Waals surface area (Å²) in [6, 6.07) is 13.0. The van der Waals surface area contributed by atoms with E-state index in [2.05, 4.69) is 50.5 Å². The highest BCUT2D eigenvalue weighted by Crippen LogP contribution is 2.36. The number of aromatic amines is 1. The largest absolute Gasteiger partial charge is 0.491 e. The first-order valence-electron chi connectivity index (χ1n) is 14.0. The number of aromatic nitrogens is 3. The Balaban J connectivity index is 1.21. The van der Waals surface area contributed by atoms with Crippen LogP contribution in [0.25, 0.3) is 33.4 Å². The molecule has 7 nitrogen and oxygen atoms in total. The van der Waals surface area contributed by atoms with E-state index in [0.717, 1.165) is 29.4 Å². The predicted molar refractivity (Wildman–Crippen MR) is 148 cm³/mol. The van der Waals surface area contributed by atoms with Gasteiger partial charge in [-0.2, -0.15) is 5.10 Å². The highest BCUT2D eigenvalue weighted by Gasteiger charge is 2.29. The average molecular weight is 526 g/mol. The van der Waals surface area contributed by atoms with Gasteiger partial charge in [0.25, 0.3) is 5.91 Å². The number of amides is 1. The second-order valence-corrected chi connectivity index (χ2v) is 11.1. The number of likely N-dealkylation sites (tertiary alicyclic amines) is 1. The van der Waals surface area contributed by atoms with Crippen LogP contribution in [-0.2, 0) is 12.8 Å². The number of rotatable bonds is 3. The van der Waals surface area contributed by atoms with Crippen LogP contribution in [0.4, 0.5) is 4.39 Å². The lowest BCUT2D eigenvalue weighted by Gasteiger charge is -2.30.